The normalized spacial score (nSPS) is 11.0. The zero-order chi connectivity index (χ0) is 15.9. The van der Waals surface area contributed by atoms with Crippen molar-refractivity contribution in [1.29, 1.82) is 0 Å². The molecule has 0 aliphatic carbocycles. The second kappa shape index (κ2) is 7.78. The molecular weight excluding hydrogens is 266 g/mol. The first-order chi connectivity index (χ1) is 9.81. The SMILES string of the molecule is CCCNC(=O)c1cccc(NC(=O)CNC(C)(C)C)c1. The molecule has 3 N–H and O–H groups in total. The summed E-state index contributed by atoms with van der Waals surface area (Å²) < 4.78 is 0. The van der Waals surface area contributed by atoms with Crippen molar-refractivity contribution in [1.82, 2.24) is 10.6 Å². The molecule has 2 amide bonds. The van der Waals surface area contributed by atoms with E-state index in [0.29, 0.717) is 17.8 Å². The molecule has 0 atom stereocenters. The molecule has 0 fully saturated rings. The Bertz CT molecular complexity index is 493. The lowest BCUT2D eigenvalue weighted by molar-refractivity contribution is -0.115. The van der Waals surface area contributed by atoms with Crippen LogP contribution in [-0.4, -0.2) is 30.4 Å². The Morgan fingerprint density at radius 1 is 1.19 bits per heavy atom. The van der Waals surface area contributed by atoms with E-state index in [9.17, 15) is 9.59 Å². The number of rotatable bonds is 6. The lowest BCUT2D eigenvalue weighted by Gasteiger charge is -2.20. The molecule has 116 valence electrons. The molecule has 0 heterocycles. The van der Waals surface area contributed by atoms with Crippen LogP contribution >= 0.6 is 0 Å². The van der Waals surface area contributed by atoms with Crippen molar-refractivity contribution in [3.05, 3.63) is 29.8 Å². The third kappa shape index (κ3) is 6.90. The van der Waals surface area contributed by atoms with Crippen molar-refractivity contribution in [2.75, 3.05) is 18.4 Å². The number of hydrogen-bond acceptors (Lipinski definition) is 3. The van der Waals surface area contributed by atoms with Crippen LogP contribution in [0.3, 0.4) is 0 Å². The fraction of sp³-hybridized carbons (Fsp3) is 0.500. The van der Waals surface area contributed by atoms with E-state index in [1.165, 1.54) is 0 Å². The van der Waals surface area contributed by atoms with E-state index in [1.54, 1.807) is 24.3 Å². The van der Waals surface area contributed by atoms with Crippen molar-refractivity contribution in [2.24, 2.45) is 0 Å². The van der Waals surface area contributed by atoms with Crippen molar-refractivity contribution >= 4 is 17.5 Å². The fourth-order valence-electron chi connectivity index (χ4n) is 1.63. The van der Waals surface area contributed by atoms with Crippen LogP contribution < -0.4 is 16.0 Å². The van der Waals surface area contributed by atoms with E-state index >= 15 is 0 Å². The maximum atomic E-state index is 11.9. The molecule has 0 aromatic heterocycles. The minimum atomic E-state index is -0.129. The molecule has 5 nitrogen and oxygen atoms in total. The summed E-state index contributed by atoms with van der Waals surface area (Å²) in [4.78, 5) is 23.7. The molecule has 5 heteroatoms. The van der Waals surface area contributed by atoms with Crippen LogP contribution in [0.1, 0.15) is 44.5 Å². The number of anilines is 1. The van der Waals surface area contributed by atoms with E-state index in [1.807, 2.05) is 27.7 Å². The summed E-state index contributed by atoms with van der Waals surface area (Å²) in [6.07, 6.45) is 0.890. The largest absolute Gasteiger partial charge is 0.352 e. The summed E-state index contributed by atoms with van der Waals surface area (Å²) in [6.45, 7) is 8.87. The van der Waals surface area contributed by atoms with Gasteiger partial charge in [-0.05, 0) is 45.4 Å². The van der Waals surface area contributed by atoms with Gasteiger partial charge in [0.05, 0.1) is 6.54 Å². The van der Waals surface area contributed by atoms with Crippen molar-refractivity contribution < 1.29 is 9.59 Å². The highest BCUT2D eigenvalue weighted by molar-refractivity contribution is 5.97. The van der Waals surface area contributed by atoms with Gasteiger partial charge in [0.25, 0.3) is 5.91 Å². The first-order valence-electron chi connectivity index (χ1n) is 7.25. The number of hydrogen-bond donors (Lipinski definition) is 3. The maximum Gasteiger partial charge on any atom is 0.251 e. The molecule has 0 spiro atoms. The summed E-state index contributed by atoms with van der Waals surface area (Å²) in [5.41, 5.74) is 1.06. The topological polar surface area (TPSA) is 70.2 Å². The first kappa shape index (κ1) is 17.2. The number of carbonyl (C=O) groups is 2. The highest BCUT2D eigenvalue weighted by Crippen LogP contribution is 2.10. The number of nitrogens with one attached hydrogen (secondary N) is 3. The second-order valence-corrected chi connectivity index (χ2v) is 5.99. The smallest absolute Gasteiger partial charge is 0.251 e. The molecule has 0 unspecified atom stereocenters. The van der Waals surface area contributed by atoms with Gasteiger partial charge in [0.1, 0.15) is 0 Å². The van der Waals surface area contributed by atoms with Gasteiger partial charge in [-0.15, -0.1) is 0 Å². The predicted molar refractivity (Wildman–Crippen MR) is 85.5 cm³/mol. The quantitative estimate of drug-likeness (QED) is 0.752. The average molecular weight is 291 g/mol. The lowest BCUT2D eigenvalue weighted by atomic mass is 10.1. The Labute approximate surface area is 126 Å². The van der Waals surface area contributed by atoms with Crippen LogP contribution in [0.25, 0.3) is 0 Å². The molecule has 0 saturated heterocycles. The standard InChI is InChI=1S/C16H25N3O2/c1-5-9-17-15(21)12-7-6-8-13(10-12)19-14(20)11-18-16(2,3)4/h6-8,10,18H,5,9,11H2,1-4H3,(H,17,21)(H,19,20). The Kier molecular flexibility index (Phi) is 6.37. The van der Waals surface area contributed by atoms with Crippen molar-refractivity contribution in [3.63, 3.8) is 0 Å². The zero-order valence-electron chi connectivity index (χ0n) is 13.2. The molecule has 0 aliphatic heterocycles. The highest BCUT2D eigenvalue weighted by atomic mass is 16.2. The maximum absolute atomic E-state index is 11.9. The Morgan fingerprint density at radius 2 is 1.90 bits per heavy atom. The van der Waals surface area contributed by atoms with Gasteiger partial charge in [-0.3, -0.25) is 9.59 Å². The van der Waals surface area contributed by atoms with Crippen LogP contribution in [0.5, 0.6) is 0 Å². The molecule has 0 radical (unpaired) electrons. The van der Waals surface area contributed by atoms with E-state index < -0.39 is 0 Å². The molecule has 0 saturated carbocycles. The Balaban J connectivity index is 2.60. The molecule has 0 aliphatic rings. The molecule has 0 bridgehead atoms. The van der Waals surface area contributed by atoms with Gasteiger partial charge in [-0.2, -0.15) is 0 Å². The van der Waals surface area contributed by atoms with Crippen LogP contribution in [0, 0.1) is 0 Å². The third-order valence-corrected chi connectivity index (χ3v) is 2.72. The van der Waals surface area contributed by atoms with E-state index in [0.717, 1.165) is 6.42 Å². The number of carbonyl (C=O) groups excluding carboxylic acids is 2. The second-order valence-electron chi connectivity index (χ2n) is 5.99. The van der Waals surface area contributed by atoms with Crippen molar-refractivity contribution in [2.45, 2.75) is 39.7 Å². The van der Waals surface area contributed by atoms with Gasteiger partial charge < -0.3 is 16.0 Å². The highest BCUT2D eigenvalue weighted by Gasteiger charge is 2.12. The summed E-state index contributed by atoms with van der Waals surface area (Å²) in [6, 6.07) is 6.94. The minimum absolute atomic E-state index is 0.112. The average Bonchev–Trinajstić information content (AvgIpc) is 2.42. The van der Waals surface area contributed by atoms with Gasteiger partial charge in [0.15, 0.2) is 0 Å². The molecule has 1 rings (SSSR count). The Hall–Kier alpha value is -1.88. The number of benzene rings is 1. The van der Waals surface area contributed by atoms with Gasteiger partial charge in [0.2, 0.25) is 5.91 Å². The van der Waals surface area contributed by atoms with Gasteiger partial charge in [0, 0.05) is 23.3 Å². The molecule has 21 heavy (non-hydrogen) atoms. The molecule has 1 aromatic carbocycles. The summed E-state index contributed by atoms with van der Waals surface area (Å²) in [5.74, 6) is -0.253. The summed E-state index contributed by atoms with van der Waals surface area (Å²) in [7, 11) is 0. The van der Waals surface area contributed by atoms with E-state index in [2.05, 4.69) is 16.0 Å². The van der Waals surface area contributed by atoms with Crippen LogP contribution in [0.15, 0.2) is 24.3 Å². The van der Waals surface area contributed by atoms with E-state index in [-0.39, 0.29) is 23.9 Å². The van der Waals surface area contributed by atoms with Crippen LogP contribution in [-0.2, 0) is 4.79 Å². The zero-order valence-corrected chi connectivity index (χ0v) is 13.2. The first-order valence-corrected chi connectivity index (χ1v) is 7.25. The lowest BCUT2D eigenvalue weighted by Crippen LogP contribution is -2.41. The summed E-state index contributed by atoms with van der Waals surface area (Å²) in [5, 5.41) is 8.71. The Morgan fingerprint density at radius 3 is 2.52 bits per heavy atom. The predicted octanol–water partition coefficient (Wildman–Crippen LogP) is 2.15. The van der Waals surface area contributed by atoms with Crippen molar-refractivity contribution in [3.8, 4) is 0 Å². The van der Waals surface area contributed by atoms with Gasteiger partial charge >= 0.3 is 0 Å². The third-order valence-electron chi connectivity index (χ3n) is 2.72. The summed E-state index contributed by atoms with van der Waals surface area (Å²) >= 11 is 0. The monoisotopic (exact) mass is 291 g/mol. The van der Waals surface area contributed by atoms with Gasteiger partial charge in [-0.1, -0.05) is 13.0 Å². The van der Waals surface area contributed by atoms with Crippen LogP contribution in [0.2, 0.25) is 0 Å². The van der Waals surface area contributed by atoms with Gasteiger partial charge in [-0.25, -0.2) is 0 Å². The molecular formula is C16H25N3O2. The van der Waals surface area contributed by atoms with Crippen LogP contribution in [0.4, 0.5) is 5.69 Å². The minimum Gasteiger partial charge on any atom is -0.352 e. The molecule has 1 aromatic rings. The van der Waals surface area contributed by atoms with E-state index in [4.69, 9.17) is 0 Å². The fourth-order valence-corrected chi connectivity index (χ4v) is 1.63. The number of amides is 2.